The molecule has 7 heteroatoms. The van der Waals surface area contributed by atoms with Gasteiger partial charge < -0.3 is 15.0 Å². The zero-order chi connectivity index (χ0) is 27.7. The molecule has 0 bridgehead atoms. The van der Waals surface area contributed by atoms with Crippen molar-refractivity contribution in [3.05, 3.63) is 99.5 Å². The number of halogens is 2. The molecule has 0 radical (unpaired) electrons. The maximum atomic E-state index is 13.7. The molecule has 2 amide bonds. The molecule has 0 aliphatic carbocycles. The highest BCUT2D eigenvalue weighted by Crippen LogP contribution is 2.25. The Bertz CT molecular complexity index is 1200. The van der Waals surface area contributed by atoms with Crippen LogP contribution in [-0.4, -0.2) is 35.9 Å². The fraction of sp³-hybridized carbons (Fsp3) is 0.355. The quantitative estimate of drug-likeness (QED) is 0.264. The number of benzene rings is 3. The summed E-state index contributed by atoms with van der Waals surface area (Å²) in [5.74, 6) is 0.722. The Labute approximate surface area is 236 Å². The van der Waals surface area contributed by atoms with Crippen molar-refractivity contribution in [1.82, 2.24) is 10.2 Å². The van der Waals surface area contributed by atoms with Gasteiger partial charge in [-0.3, -0.25) is 9.59 Å². The summed E-state index contributed by atoms with van der Waals surface area (Å²) in [6, 6.07) is 21.8. The van der Waals surface area contributed by atoms with Crippen LogP contribution in [0.5, 0.6) is 5.75 Å². The molecular formula is C31H36Cl2N2O3. The van der Waals surface area contributed by atoms with Gasteiger partial charge in [0.2, 0.25) is 5.91 Å². The van der Waals surface area contributed by atoms with Gasteiger partial charge in [-0.2, -0.15) is 0 Å². The van der Waals surface area contributed by atoms with Crippen LogP contribution in [0, 0.1) is 5.92 Å². The monoisotopic (exact) mass is 554 g/mol. The van der Waals surface area contributed by atoms with E-state index in [2.05, 4.69) is 19.2 Å². The first-order valence-electron chi connectivity index (χ1n) is 12.9. The van der Waals surface area contributed by atoms with Gasteiger partial charge in [0.1, 0.15) is 11.8 Å². The number of rotatable bonds is 12. The van der Waals surface area contributed by atoms with Crippen LogP contribution in [0.15, 0.2) is 72.8 Å². The molecule has 202 valence electrons. The lowest BCUT2D eigenvalue weighted by atomic mass is 10.0. The van der Waals surface area contributed by atoms with Gasteiger partial charge in [-0.25, -0.2) is 0 Å². The maximum Gasteiger partial charge on any atom is 0.261 e. The van der Waals surface area contributed by atoms with E-state index in [1.54, 1.807) is 23.1 Å². The summed E-state index contributed by atoms with van der Waals surface area (Å²) in [7, 11) is 0. The minimum absolute atomic E-state index is 0.136. The molecule has 3 aromatic carbocycles. The fourth-order valence-corrected chi connectivity index (χ4v) is 4.46. The second-order valence-corrected chi connectivity index (χ2v) is 11.0. The fourth-order valence-electron chi connectivity index (χ4n) is 3.99. The standard InChI is InChI=1S/C31H36Cl2N2O3/c1-21(2)18-34-31(37)29(16-23-8-6-5-7-9-23)35(19-25-10-13-26(32)17-28(25)33)30(36)20-38-27-14-11-24(12-15-27)22(3)4/h5-15,17,21-22,29H,16,18-20H2,1-4H3,(H,34,37). The third-order valence-electron chi connectivity index (χ3n) is 6.22. The molecule has 0 aliphatic heterocycles. The van der Waals surface area contributed by atoms with Crippen LogP contribution in [0.2, 0.25) is 10.0 Å². The molecule has 1 N–H and O–H groups in total. The number of nitrogens with one attached hydrogen (secondary N) is 1. The summed E-state index contributed by atoms with van der Waals surface area (Å²) in [5.41, 5.74) is 2.83. The molecule has 0 saturated heterocycles. The van der Waals surface area contributed by atoms with Crippen LogP contribution in [0.1, 0.15) is 50.3 Å². The highest BCUT2D eigenvalue weighted by molar-refractivity contribution is 6.35. The van der Waals surface area contributed by atoms with Crippen LogP contribution < -0.4 is 10.1 Å². The third-order valence-corrected chi connectivity index (χ3v) is 6.81. The van der Waals surface area contributed by atoms with E-state index in [9.17, 15) is 9.59 Å². The Balaban J connectivity index is 1.90. The van der Waals surface area contributed by atoms with E-state index in [0.717, 1.165) is 5.56 Å². The van der Waals surface area contributed by atoms with E-state index >= 15 is 0 Å². The van der Waals surface area contributed by atoms with Gasteiger partial charge >= 0.3 is 0 Å². The van der Waals surface area contributed by atoms with Gasteiger partial charge in [-0.1, -0.05) is 99.4 Å². The Hall–Kier alpha value is -3.02. The minimum atomic E-state index is -0.762. The average molecular weight is 556 g/mol. The number of ether oxygens (including phenoxy) is 1. The average Bonchev–Trinajstić information content (AvgIpc) is 2.89. The first-order valence-corrected chi connectivity index (χ1v) is 13.7. The summed E-state index contributed by atoms with van der Waals surface area (Å²) < 4.78 is 5.87. The first-order chi connectivity index (χ1) is 18.1. The number of hydrogen-bond donors (Lipinski definition) is 1. The van der Waals surface area contributed by atoms with Crippen molar-refractivity contribution in [3.8, 4) is 5.75 Å². The van der Waals surface area contributed by atoms with Gasteiger partial charge in [-0.05, 0) is 52.8 Å². The van der Waals surface area contributed by atoms with Crippen molar-refractivity contribution < 1.29 is 14.3 Å². The van der Waals surface area contributed by atoms with E-state index in [-0.39, 0.29) is 30.9 Å². The number of carbonyl (C=O) groups is 2. The highest BCUT2D eigenvalue weighted by Gasteiger charge is 2.31. The van der Waals surface area contributed by atoms with Gasteiger partial charge in [-0.15, -0.1) is 0 Å². The number of carbonyl (C=O) groups excluding carboxylic acids is 2. The summed E-state index contributed by atoms with van der Waals surface area (Å²) in [6.07, 6.45) is 0.352. The molecule has 0 aromatic heterocycles. The Morgan fingerprint density at radius 1 is 0.921 bits per heavy atom. The summed E-state index contributed by atoms with van der Waals surface area (Å²) in [4.78, 5) is 28.8. The van der Waals surface area contributed by atoms with Gasteiger partial charge in [0.05, 0.1) is 0 Å². The normalized spacial score (nSPS) is 11.9. The van der Waals surface area contributed by atoms with Gasteiger partial charge in [0.25, 0.3) is 5.91 Å². The number of amides is 2. The molecule has 1 atom stereocenters. The lowest BCUT2D eigenvalue weighted by molar-refractivity contribution is -0.142. The van der Waals surface area contributed by atoms with Crippen LogP contribution in [0.4, 0.5) is 0 Å². The maximum absolute atomic E-state index is 13.7. The molecule has 5 nitrogen and oxygen atoms in total. The third kappa shape index (κ3) is 8.78. The molecule has 3 aromatic rings. The molecule has 38 heavy (non-hydrogen) atoms. The number of nitrogens with zero attached hydrogens (tertiary/aromatic N) is 1. The van der Waals surface area contributed by atoms with Crippen molar-refractivity contribution >= 4 is 35.0 Å². The molecular weight excluding hydrogens is 519 g/mol. The Morgan fingerprint density at radius 3 is 2.21 bits per heavy atom. The summed E-state index contributed by atoms with van der Waals surface area (Å²) in [5, 5.41) is 3.94. The molecule has 0 saturated carbocycles. The van der Waals surface area contributed by atoms with Crippen molar-refractivity contribution in [1.29, 1.82) is 0 Å². The smallest absolute Gasteiger partial charge is 0.261 e. The minimum Gasteiger partial charge on any atom is -0.484 e. The van der Waals surface area contributed by atoms with Crippen molar-refractivity contribution in [2.75, 3.05) is 13.2 Å². The highest BCUT2D eigenvalue weighted by atomic mass is 35.5. The molecule has 0 heterocycles. The molecule has 0 fully saturated rings. The lowest BCUT2D eigenvalue weighted by Gasteiger charge is -2.32. The first kappa shape index (κ1) is 29.5. The molecule has 0 aliphatic rings. The van der Waals surface area contributed by atoms with E-state index in [1.807, 2.05) is 68.4 Å². The predicted molar refractivity (Wildman–Crippen MR) is 155 cm³/mol. The van der Waals surface area contributed by atoms with Gasteiger partial charge in [0, 0.05) is 29.6 Å². The SMILES string of the molecule is CC(C)CNC(=O)C(Cc1ccccc1)N(Cc1ccc(Cl)cc1Cl)C(=O)COc1ccc(C(C)C)cc1. The molecule has 3 rings (SSSR count). The zero-order valence-electron chi connectivity index (χ0n) is 22.4. The second kappa shape index (κ2) is 14.2. The van der Waals surface area contributed by atoms with E-state index < -0.39 is 6.04 Å². The Morgan fingerprint density at radius 2 is 1.61 bits per heavy atom. The van der Waals surface area contributed by atoms with Crippen LogP contribution >= 0.6 is 23.2 Å². The van der Waals surface area contributed by atoms with Crippen molar-refractivity contribution in [2.45, 2.75) is 52.6 Å². The largest absolute Gasteiger partial charge is 0.484 e. The van der Waals surface area contributed by atoms with E-state index in [0.29, 0.717) is 40.2 Å². The summed E-state index contributed by atoms with van der Waals surface area (Å²) in [6.45, 7) is 8.73. The van der Waals surface area contributed by atoms with Crippen molar-refractivity contribution in [2.24, 2.45) is 5.92 Å². The topological polar surface area (TPSA) is 58.6 Å². The predicted octanol–water partition coefficient (Wildman–Crippen LogP) is 6.91. The van der Waals surface area contributed by atoms with E-state index in [4.69, 9.17) is 27.9 Å². The lowest BCUT2D eigenvalue weighted by Crippen LogP contribution is -2.52. The van der Waals surface area contributed by atoms with Gasteiger partial charge in [0.15, 0.2) is 6.61 Å². The molecule has 1 unspecified atom stereocenters. The van der Waals surface area contributed by atoms with Crippen LogP contribution in [0.3, 0.4) is 0 Å². The van der Waals surface area contributed by atoms with Crippen LogP contribution in [-0.2, 0) is 22.6 Å². The Kier molecular flexibility index (Phi) is 11.1. The second-order valence-electron chi connectivity index (χ2n) is 10.1. The number of hydrogen-bond acceptors (Lipinski definition) is 3. The van der Waals surface area contributed by atoms with Crippen LogP contribution in [0.25, 0.3) is 0 Å². The zero-order valence-corrected chi connectivity index (χ0v) is 23.9. The summed E-state index contributed by atoms with van der Waals surface area (Å²) >= 11 is 12.6. The van der Waals surface area contributed by atoms with E-state index in [1.165, 1.54) is 5.56 Å². The van der Waals surface area contributed by atoms with Crippen molar-refractivity contribution in [3.63, 3.8) is 0 Å². The molecule has 0 spiro atoms.